The molecule has 0 N–H and O–H groups in total. The maximum atomic E-state index is 13.0. The van der Waals surface area contributed by atoms with E-state index in [-0.39, 0.29) is 11.5 Å². The number of allylic oxidation sites excluding steroid dienone is 1. The normalized spacial score (nSPS) is 14.2. The van der Waals surface area contributed by atoms with Crippen LogP contribution >= 0.6 is 15.9 Å². The molecule has 1 heterocycles. The van der Waals surface area contributed by atoms with Gasteiger partial charge in [0.25, 0.3) is 5.91 Å². The van der Waals surface area contributed by atoms with Crippen LogP contribution in [0.4, 0.5) is 5.69 Å². The molecule has 0 aromatic heterocycles. The number of amides is 1. The van der Waals surface area contributed by atoms with E-state index in [4.69, 9.17) is 4.74 Å². The highest BCUT2D eigenvalue weighted by Gasteiger charge is 2.24. The average Bonchev–Trinajstić information content (AvgIpc) is 2.78. The van der Waals surface area contributed by atoms with Crippen molar-refractivity contribution in [3.05, 3.63) is 76.3 Å². The van der Waals surface area contributed by atoms with Gasteiger partial charge in [-0.25, -0.2) is 0 Å². The predicted molar refractivity (Wildman–Crippen MR) is 123 cm³/mol. The molecule has 1 amide bonds. The molecule has 2 aromatic rings. The van der Waals surface area contributed by atoms with Gasteiger partial charge in [0.05, 0.1) is 11.6 Å². The van der Waals surface area contributed by atoms with Crippen molar-refractivity contribution in [2.75, 3.05) is 38.2 Å². The summed E-state index contributed by atoms with van der Waals surface area (Å²) in [5.41, 5.74) is 2.99. The molecule has 5 nitrogen and oxygen atoms in total. The van der Waals surface area contributed by atoms with Crippen LogP contribution in [0.25, 0.3) is 6.08 Å². The molecule has 0 bridgehead atoms. The van der Waals surface area contributed by atoms with Gasteiger partial charge in [-0.2, -0.15) is 5.26 Å². The minimum atomic E-state index is -0.234. The van der Waals surface area contributed by atoms with Gasteiger partial charge in [-0.3, -0.25) is 4.79 Å². The van der Waals surface area contributed by atoms with Crippen LogP contribution in [-0.2, 0) is 11.2 Å². The van der Waals surface area contributed by atoms with Crippen LogP contribution in [0.5, 0.6) is 5.75 Å². The number of hydrogen-bond donors (Lipinski definition) is 0. The van der Waals surface area contributed by atoms with Crippen LogP contribution in [0, 0.1) is 11.3 Å². The molecule has 1 aliphatic heterocycles. The number of hydrogen-bond acceptors (Lipinski definition) is 4. The molecule has 3 rings (SSSR count). The van der Waals surface area contributed by atoms with Gasteiger partial charge in [0.1, 0.15) is 17.4 Å². The van der Waals surface area contributed by atoms with Gasteiger partial charge >= 0.3 is 0 Å². The Hall–Kier alpha value is -3.04. The third-order valence-electron chi connectivity index (χ3n) is 5.06. The Morgan fingerprint density at radius 1 is 1.23 bits per heavy atom. The van der Waals surface area contributed by atoms with Crippen LogP contribution in [0.2, 0.25) is 0 Å². The predicted octanol–water partition coefficient (Wildman–Crippen LogP) is 4.44. The summed E-state index contributed by atoms with van der Waals surface area (Å²) >= 11 is 3.51. The molecular formula is C24H24BrN3O2. The fraction of sp³-hybridized carbons (Fsp3) is 0.250. The lowest BCUT2D eigenvalue weighted by atomic mass is 10.0. The second-order valence-electron chi connectivity index (χ2n) is 6.97. The third-order valence-corrected chi connectivity index (χ3v) is 5.65. The zero-order valence-corrected chi connectivity index (χ0v) is 18.6. The summed E-state index contributed by atoms with van der Waals surface area (Å²) in [4.78, 5) is 17.0. The molecule has 0 aliphatic carbocycles. The highest BCUT2D eigenvalue weighted by Crippen LogP contribution is 2.32. The second kappa shape index (κ2) is 10.1. The Morgan fingerprint density at radius 3 is 2.53 bits per heavy atom. The van der Waals surface area contributed by atoms with Crippen molar-refractivity contribution in [2.45, 2.75) is 6.42 Å². The zero-order chi connectivity index (χ0) is 21.5. The zero-order valence-electron chi connectivity index (χ0n) is 17.0. The molecule has 1 aliphatic rings. The van der Waals surface area contributed by atoms with Crippen LogP contribution in [0.1, 0.15) is 11.1 Å². The number of carbonyl (C=O) groups is 1. The number of piperazine rings is 1. The van der Waals surface area contributed by atoms with Crippen molar-refractivity contribution in [2.24, 2.45) is 0 Å². The Bertz CT molecular complexity index is 988. The van der Waals surface area contributed by atoms with Crippen LogP contribution in [0.3, 0.4) is 0 Å². The van der Waals surface area contributed by atoms with Crippen molar-refractivity contribution in [1.29, 1.82) is 5.26 Å². The van der Waals surface area contributed by atoms with E-state index in [1.807, 2.05) is 30.3 Å². The third kappa shape index (κ3) is 4.92. The number of rotatable bonds is 6. The summed E-state index contributed by atoms with van der Waals surface area (Å²) < 4.78 is 6.22. The Balaban J connectivity index is 1.76. The van der Waals surface area contributed by atoms with Gasteiger partial charge in [-0.15, -0.1) is 6.58 Å². The van der Waals surface area contributed by atoms with Crippen molar-refractivity contribution in [3.63, 3.8) is 0 Å². The molecule has 6 heteroatoms. The number of carbonyl (C=O) groups excluding carboxylic acids is 1. The summed E-state index contributed by atoms with van der Waals surface area (Å²) in [5.74, 6) is 0.497. The lowest BCUT2D eigenvalue weighted by Gasteiger charge is -2.36. The van der Waals surface area contributed by atoms with Crippen molar-refractivity contribution in [3.8, 4) is 11.8 Å². The van der Waals surface area contributed by atoms with Gasteiger partial charge in [-0.05, 0) is 63.8 Å². The number of ether oxygens (including phenoxy) is 1. The number of anilines is 1. The fourth-order valence-corrected chi connectivity index (χ4v) is 4.26. The van der Waals surface area contributed by atoms with Crippen LogP contribution in [-0.4, -0.2) is 44.1 Å². The highest BCUT2D eigenvalue weighted by molar-refractivity contribution is 9.10. The smallest absolute Gasteiger partial charge is 0.264 e. The molecule has 0 spiro atoms. The first kappa shape index (κ1) is 21.7. The maximum absolute atomic E-state index is 13.0. The monoisotopic (exact) mass is 465 g/mol. The van der Waals surface area contributed by atoms with E-state index in [9.17, 15) is 10.1 Å². The summed E-state index contributed by atoms with van der Waals surface area (Å²) in [6.07, 6.45) is 4.06. The maximum Gasteiger partial charge on any atom is 0.264 e. The number of methoxy groups -OCH3 is 1. The highest BCUT2D eigenvalue weighted by atomic mass is 79.9. The molecule has 30 heavy (non-hydrogen) atoms. The number of nitriles is 1. The van der Waals surface area contributed by atoms with Gasteiger partial charge in [0, 0.05) is 31.9 Å². The van der Waals surface area contributed by atoms with E-state index in [1.165, 1.54) is 0 Å². The van der Waals surface area contributed by atoms with Crippen molar-refractivity contribution < 1.29 is 9.53 Å². The molecular weight excluding hydrogens is 442 g/mol. The quantitative estimate of drug-likeness (QED) is 0.359. The van der Waals surface area contributed by atoms with E-state index < -0.39 is 0 Å². The molecule has 0 unspecified atom stereocenters. The molecule has 1 saturated heterocycles. The standard InChI is InChI=1S/C24H24BrN3O2/c1-3-7-19-14-18(16-22(25)23(19)30-2)15-20(17-26)24(29)28-12-10-27(11-13-28)21-8-5-4-6-9-21/h3-6,8-9,14-16H,1,7,10-13H2,2H3/b20-15-. The first-order valence-electron chi connectivity index (χ1n) is 9.75. The van der Waals surface area contributed by atoms with Gasteiger partial charge in [0.15, 0.2) is 0 Å². The number of halogens is 1. The van der Waals surface area contributed by atoms with E-state index in [1.54, 1.807) is 24.2 Å². The lowest BCUT2D eigenvalue weighted by Crippen LogP contribution is -2.49. The Morgan fingerprint density at radius 2 is 1.93 bits per heavy atom. The van der Waals surface area contributed by atoms with E-state index in [0.29, 0.717) is 19.5 Å². The van der Waals surface area contributed by atoms with Gasteiger partial charge in [0.2, 0.25) is 0 Å². The van der Waals surface area contributed by atoms with E-state index in [2.05, 4.69) is 45.6 Å². The largest absolute Gasteiger partial charge is 0.495 e. The minimum absolute atomic E-state index is 0.129. The summed E-state index contributed by atoms with van der Waals surface area (Å²) in [6.45, 7) is 6.43. The number of benzene rings is 2. The van der Waals surface area contributed by atoms with Crippen LogP contribution < -0.4 is 9.64 Å². The SMILES string of the molecule is C=CCc1cc(/C=C(/C#N)C(=O)N2CCN(c3ccccc3)CC2)cc(Br)c1OC. The molecule has 154 valence electrons. The van der Waals surface area contributed by atoms with Gasteiger partial charge in [-0.1, -0.05) is 24.3 Å². The minimum Gasteiger partial charge on any atom is -0.495 e. The fourth-order valence-electron chi connectivity index (χ4n) is 3.58. The van der Waals surface area contributed by atoms with Crippen LogP contribution in [0.15, 0.2) is 65.2 Å². The molecule has 0 saturated carbocycles. The summed E-state index contributed by atoms with van der Waals surface area (Å²) in [5, 5.41) is 9.63. The molecule has 2 aromatic carbocycles. The van der Waals surface area contributed by atoms with E-state index >= 15 is 0 Å². The van der Waals surface area contributed by atoms with E-state index in [0.717, 1.165) is 40.1 Å². The van der Waals surface area contributed by atoms with Crippen molar-refractivity contribution in [1.82, 2.24) is 4.90 Å². The first-order chi connectivity index (χ1) is 14.6. The summed E-state index contributed by atoms with van der Waals surface area (Å²) in [7, 11) is 1.61. The summed E-state index contributed by atoms with van der Waals surface area (Å²) in [6, 6.07) is 16.0. The number of para-hydroxylation sites is 1. The molecule has 1 fully saturated rings. The molecule has 0 atom stereocenters. The Kier molecular flexibility index (Phi) is 7.31. The second-order valence-corrected chi connectivity index (χ2v) is 7.83. The number of nitrogens with zero attached hydrogens (tertiary/aromatic N) is 3. The van der Waals surface area contributed by atoms with Crippen molar-refractivity contribution >= 4 is 33.6 Å². The first-order valence-corrected chi connectivity index (χ1v) is 10.5. The average molecular weight is 466 g/mol. The molecule has 0 radical (unpaired) electrons. The Labute approximate surface area is 186 Å². The van der Waals surface area contributed by atoms with Gasteiger partial charge < -0.3 is 14.5 Å². The lowest BCUT2D eigenvalue weighted by molar-refractivity contribution is -0.126. The topological polar surface area (TPSA) is 56.6 Å².